The van der Waals surface area contributed by atoms with Crippen molar-refractivity contribution in [3.63, 3.8) is 0 Å². The molecular formula is C21H21F2N3O2S. The normalized spacial score (nSPS) is 15.6. The largest absolute Gasteiger partial charge is 0.478 e. The second kappa shape index (κ2) is 8.70. The first-order valence-electron chi connectivity index (χ1n) is 9.29. The van der Waals surface area contributed by atoms with Crippen LogP contribution >= 0.6 is 11.9 Å². The van der Waals surface area contributed by atoms with Crippen molar-refractivity contribution in [3.8, 4) is 6.07 Å². The summed E-state index contributed by atoms with van der Waals surface area (Å²) in [6.07, 6.45) is 0.979. The first-order valence-corrected chi connectivity index (χ1v) is 10.1. The van der Waals surface area contributed by atoms with Gasteiger partial charge >= 0.3 is 5.97 Å². The van der Waals surface area contributed by atoms with Crippen LogP contribution in [0.2, 0.25) is 0 Å². The highest BCUT2D eigenvalue weighted by Crippen LogP contribution is 2.37. The number of carboxylic acids is 1. The Hall–Kier alpha value is -2.79. The van der Waals surface area contributed by atoms with Gasteiger partial charge in [0, 0.05) is 17.9 Å². The molecule has 0 amide bonds. The van der Waals surface area contributed by atoms with E-state index in [1.165, 1.54) is 11.9 Å². The Balaban J connectivity index is 1.90. The van der Waals surface area contributed by atoms with Crippen molar-refractivity contribution in [2.45, 2.75) is 37.0 Å². The van der Waals surface area contributed by atoms with Crippen molar-refractivity contribution in [3.05, 3.63) is 53.1 Å². The third-order valence-corrected chi connectivity index (χ3v) is 5.75. The summed E-state index contributed by atoms with van der Waals surface area (Å²) in [6.45, 7) is 2.11. The van der Waals surface area contributed by atoms with E-state index in [1.807, 2.05) is 6.92 Å². The van der Waals surface area contributed by atoms with Gasteiger partial charge in [-0.1, -0.05) is 13.0 Å². The van der Waals surface area contributed by atoms with Crippen LogP contribution in [0.3, 0.4) is 0 Å². The number of hydrogen-bond donors (Lipinski definition) is 2. The number of carboxylic acid groups (broad SMARTS) is 1. The fraction of sp³-hybridized carbons (Fsp3) is 0.333. The van der Waals surface area contributed by atoms with E-state index in [-0.39, 0.29) is 18.5 Å². The number of carbonyl (C=O) groups is 1. The van der Waals surface area contributed by atoms with Gasteiger partial charge in [-0.15, -0.1) is 0 Å². The highest BCUT2D eigenvalue weighted by Gasteiger charge is 2.35. The van der Waals surface area contributed by atoms with E-state index in [0.717, 1.165) is 10.5 Å². The Labute approximate surface area is 172 Å². The lowest BCUT2D eigenvalue weighted by molar-refractivity contribution is -0.0116. The smallest absolute Gasteiger partial charge is 0.335 e. The molecular weight excluding hydrogens is 396 g/mol. The van der Waals surface area contributed by atoms with E-state index in [1.54, 1.807) is 41.3 Å². The van der Waals surface area contributed by atoms with Gasteiger partial charge in [0.05, 0.1) is 35.1 Å². The lowest BCUT2D eigenvalue weighted by Crippen LogP contribution is -2.42. The number of aromatic carboxylic acids is 1. The van der Waals surface area contributed by atoms with Gasteiger partial charge in [-0.3, -0.25) is 0 Å². The van der Waals surface area contributed by atoms with E-state index in [4.69, 9.17) is 0 Å². The number of rotatable bonds is 6. The van der Waals surface area contributed by atoms with Crippen LogP contribution < -0.4 is 9.62 Å². The molecule has 0 saturated carbocycles. The standard InChI is InChI=1S/C21H21F2N3O2S/c1-2-15-5-6-16(20(27)28)11-19(15)29-25-17-10-14(12-24)4-7-18(17)26-9-3-8-21(22,23)13-26/h4-7,10-11,25H,2-3,8-9,13H2,1H3,(H,27,28). The second-order valence-corrected chi connectivity index (χ2v) is 7.76. The molecule has 2 aromatic rings. The predicted molar refractivity (Wildman–Crippen MR) is 110 cm³/mol. The fourth-order valence-electron chi connectivity index (χ4n) is 3.32. The van der Waals surface area contributed by atoms with Gasteiger partial charge in [-0.05, 0) is 60.7 Å². The number of aryl methyl sites for hydroxylation is 1. The summed E-state index contributed by atoms with van der Waals surface area (Å²) in [5, 5.41) is 18.5. The van der Waals surface area contributed by atoms with Crippen LogP contribution in [0.4, 0.5) is 20.2 Å². The van der Waals surface area contributed by atoms with Crippen molar-refractivity contribution in [2.75, 3.05) is 22.7 Å². The Morgan fingerprint density at radius 2 is 2.14 bits per heavy atom. The molecule has 1 aliphatic heterocycles. The first kappa shape index (κ1) is 20.9. The molecule has 0 aromatic heterocycles. The quantitative estimate of drug-likeness (QED) is 0.631. The number of nitrogens with one attached hydrogen (secondary N) is 1. The molecule has 0 unspecified atom stereocenters. The summed E-state index contributed by atoms with van der Waals surface area (Å²) in [5.41, 5.74) is 2.71. The minimum atomic E-state index is -2.75. The van der Waals surface area contributed by atoms with Gasteiger partial charge in [-0.25, -0.2) is 13.6 Å². The SMILES string of the molecule is CCc1ccc(C(=O)O)cc1SNc1cc(C#N)ccc1N1CCCC(F)(F)C1. The number of alkyl halides is 2. The minimum Gasteiger partial charge on any atom is -0.478 e. The van der Waals surface area contributed by atoms with Crippen LogP contribution in [-0.2, 0) is 6.42 Å². The Morgan fingerprint density at radius 3 is 2.79 bits per heavy atom. The van der Waals surface area contributed by atoms with Crippen molar-refractivity contribution in [1.29, 1.82) is 5.26 Å². The van der Waals surface area contributed by atoms with E-state index in [0.29, 0.717) is 36.3 Å². The lowest BCUT2D eigenvalue weighted by atomic mass is 10.1. The average molecular weight is 417 g/mol. The predicted octanol–water partition coefficient (Wildman–Crippen LogP) is 5.17. The van der Waals surface area contributed by atoms with Gasteiger partial charge < -0.3 is 14.7 Å². The van der Waals surface area contributed by atoms with Crippen LogP contribution in [0.1, 0.15) is 41.3 Å². The van der Waals surface area contributed by atoms with Gasteiger partial charge in [-0.2, -0.15) is 5.26 Å². The molecule has 0 spiro atoms. The molecule has 2 N–H and O–H groups in total. The molecule has 0 atom stereocenters. The number of piperidine rings is 1. The molecule has 29 heavy (non-hydrogen) atoms. The molecule has 1 aliphatic rings. The maximum absolute atomic E-state index is 13.9. The minimum absolute atomic E-state index is 0.126. The summed E-state index contributed by atoms with van der Waals surface area (Å²) < 4.78 is 31.0. The van der Waals surface area contributed by atoms with E-state index < -0.39 is 11.9 Å². The highest BCUT2D eigenvalue weighted by molar-refractivity contribution is 8.00. The number of hydrogen-bond acceptors (Lipinski definition) is 5. The van der Waals surface area contributed by atoms with Crippen LogP contribution in [0.5, 0.6) is 0 Å². The Bertz CT molecular complexity index is 959. The van der Waals surface area contributed by atoms with Crippen LogP contribution in [0, 0.1) is 11.3 Å². The topological polar surface area (TPSA) is 76.4 Å². The molecule has 0 radical (unpaired) electrons. The number of halogens is 2. The van der Waals surface area contributed by atoms with E-state index in [9.17, 15) is 23.9 Å². The summed E-state index contributed by atoms with van der Waals surface area (Å²) in [4.78, 5) is 13.7. The van der Waals surface area contributed by atoms with Crippen LogP contribution in [0.25, 0.3) is 0 Å². The molecule has 152 valence electrons. The third-order valence-electron chi connectivity index (χ3n) is 4.83. The Kier molecular flexibility index (Phi) is 6.28. The molecule has 1 saturated heterocycles. The maximum Gasteiger partial charge on any atom is 0.335 e. The molecule has 0 bridgehead atoms. The average Bonchev–Trinajstić information content (AvgIpc) is 2.70. The number of benzene rings is 2. The van der Waals surface area contributed by atoms with Crippen LogP contribution in [0.15, 0.2) is 41.3 Å². The second-order valence-electron chi connectivity index (χ2n) is 6.91. The number of nitrogens with zero attached hydrogens (tertiary/aromatic N) is 2. The summed E-state index contributed by atoms with van der Waals surface area (Å²) in [6, 6.07) is 11.9. The summed E-state index contributed by atoms with van der Waals surface area (Å²) >= 11 is 1.22. The summed E-state index contributed by atoms with van der Waals surface area (Å²) in [5.74, 6) is -3.76. The lowest BCUT2D eigenvalue weighted by Gasteiger charge is -2.35. The van der Waals surface area contributed by atoms with Crippen molar-refractivity contribution < 1.29 is 18.7 Å². The zero-order valence-electron chi connectivity index (χ0n) is 15.9. The molecule has 1 fully saturated rings. The number of anilines is 2. The zero-order valence-corrected chi connectivity index (χ0v) is 16.7. The highest BCUT2D eigenvalue weighted by atomic mass is 32.2. The molecule has 1 heterocycles. The van der Waals surface area contributed by atoms with Crippen molar-refractivity contribution in [2.24, 2.45) is 0 Å². The van der Waals surface area contributed by atoms with Gasteiger partial charge in [0.15, 0.2) is 0 Å². The maximum atomic E-state index is 13.9. The van der Waals surface area contributed by atoms with Gasteiger partial charge in [0.2, 0.25) is 0 Å². The fourth-order valence-corrected chi connectivity index (χ4v) is 4.23. The van der Waals surface area contributed by atoms with Crippen molar-refractivity contribution in [1.82, 2.24) is 0 Å². The van der Waals surface area contributed by atoms with Crippen molar-refractivity contribution >= 4 is 29.3 Å². The van der Waals surface area contributed by atoms with E-state index >= 15 is 0 Å². The molecule has 2 aromatic carbocycles. The molecule has 0 aliphatic carbocycles. The zero-order chi connectivity index (χ0) is 21.0. The molecule has 3 rings (SSSR count). The van der Waals surface area contributed by atoms with Gasteiger partial charge in [0.25, 0.3) is 5.92 Å². The first-order chi connectivity index (χ1) is 13.8. The Morgan fingerprint density at radius 1 is 1.34 bits per heavy atom. The van der Waals surface area contributed by atoms with E-state index in [2.05, 4.69) is 10.8 Å². The monoisotopic (exact) mass is 417 g/mol. The molecule has 8 heteroatoms. The van der Waals surface area contributed by atoms with Crippen LogP contribution in [-0.4, -0.2) is 30.1 Å². The molecule has 5 nitrogen and oxygen atoms in total. The summed E-state index contributed by atoms with van der Waals surface area (Å²) in [7, 11) is 0. The van der Waals surface area contributed by atoms with Gasteiger partial charge in [0.1, 0.15) is 0 Å². The number of nitriles is 1. The third kappa shape index (κ3) is 4.98.